The largest absolute Gasteiger partial charge is 0.487 e. The summed E-state index contributed by atoms with van der Waals surface area (Å²) in [7, 11) is 0. The number of nitro groups is 1. The molecular weight excluding hydrogens is 309 g/mol. The third-order valence-electron chi connectivity index (χ3n) is 2.69. The van der Waals surface area contributed by atoms with Gasteiger partial charge in [-0.25, -0.2) is 0 Å². The smallest absolute Gasteiger partial charge is 0.312 e. The molecule has 0 aliphatic heterocycles. The normalized spacial score (nSPS) is 12.2. The molecule has 1 unspecified atom stereocenters. The van der Waals surface area contributed by atoms with Gasteiger partial charge in [-0.05, 0) is 24.5 Å². The predicted molar refractivity (Wildman–Crippen MR) is 80.9 cm³/mol. The third-order valence-corrected chi connectivity index (χ3v) is 3.67. The van der Waals surface area contributed by atoms with Crippen LogP contribution >= 0.6 is 35.8 Å². The maximum absolute atomic E-state index is 10.9. The molecule has 0 N–H and O–H groups in total. The Bertz CT molecular complexity index is 457. The zero-order valence-corrected chi connectivity index (χ0v) is 12.8. The minimum Gasteiger partial charge on any atom is -0.487 e. The summed E-state index contributed by atoms with van der Waals surface area (Å²) in [5.41, 5.74) is -0.170. The summed E-state index contributed by atoms with van der Waals surface area (Å²) in [6.45, 7) is 2.48. The molecule has 19 heavy (non-hydrogen) atoms. The molecule has 0 bridgehead atoms. The molecule has 0 aromatic heterocycles. The van der Waals surface area contributed by atoms with E-state index >= 15 is 0 Å². The van der Waals surface area contributed by atoms with Crippen LogP contribution in [0.25, 0.3) is 0 Å². The van der Waals surface area contributed by atoms with Crippen molar-refractivity contribution >= 4 is 41.5 Å². The summed E-state index contributed by atoms with van der Waals surface area (Å²) in [6, 6.07) is 2.58. The molecule has 0 saturated heterocycles. The molecular formula is C12H15Cl2NO3S. The number of benzene rings is 1. The molecule has 0 fully saturated rings. The van der Waals surface area contributed by atoms with E-state index in [2.05, 4.69) is 19.6 Å². The summed E-state index contributed by atoms with van der Waals surface area (Å²) in [5.74, 6) is 1.42. The van der Waals surface area contributed by atoms with E-state index in [1.165, 1.54) is 12.1 Å². The number of nitrogens with zero attached hydrogens (tertiary/aromatic N) is 1. The predicted octanol–water partition coefficient (Wildman–Crippen LogP) is 4.63. The Morgan fingerprint density at radius 2 is 2.00 bits per heavy atom. The van der Waals surface area contributed by atoms with Crippen molar-refractivity contribution < 1.29 is 9.66 Å². The maximum atomic E-state index is 10.9. The molecule has 1 aromatic carbocycles. The van der Waals surface area contributed by atoms with Crippen molar-refractivity contribution in [1.29, 1.82) is 0 Å². The minimum absolute atomic E-state index is 0.143. The average molecular weight is 324 g/mol. The number of rotatable bonds is 7. The Kier molecular flexibility index (Phi) is 6.75. The lowest BCUT2D eigenvalue weighted by Gasteiger charge is -2.11. The fourth-order valence-electron chi connectivity index (χ4n) is 1.51. The minimum atomic E-state index is -0.533. The zero-order chi connectivity index (χ0) is 14.4. The van der Waals surface area contributed by atoms with E-state index in [9.17, 15) is 10.1 Å². The number of ether oxygens (including phenoxy) is 1. The summed E-state index contributed by atoms with van der Waals surface area (Å²) >= 11 is 15.7. The number of hydrogen-bond acceptors (Lipinski definition) is 4. The monoisotopic (exact) mass is 323 g/mol. The Morgan fingerprint density at radius 1 is 1.37 bits per heavy atom. The van der Waals surface area contributed by atoms with Gasteiger partial charge in [-0.2, -0.15) is 12.6 Å². The molecule has 1 rings (SSSR count). The van der Waals surface area contributed by atoms with Crippen LogP contribution in [0.1, 0.15) is 19.8 Å². The Morgan fingerprint density at radius 3 is 2.58 bits per heavy atom. The van der Waals surface area contributed by atoms with Crippen molar-refractivity contribution in [2.45, 2.75) is 19.8 Å². The number of hydrogen-bond donors (Lipinski definition) is 1. The topological polar surface area (TPSA) is 52.4 Å². The lowest BCUT2D eigenvalue weighted by atomic mass is 10.1. The average Bonchev–Trinajstić information content (AvgIpc) is 2.33. The summed E-state index contributed by atoms with van der Waals surface area (Å²) in [5, 5.41) is 11.3. The Balaban J connectivity index is 2.72. The molecule has 0 radical (unpaired) electrons. The van der Waals surface area contributed by atoms with Crippen LogP contribution in [0.4, 0.5) is 5.69 Å². The maximum Gasteiger partial charge on any atom is 0.312 e. The molecule has 1 aromatic rings. The highest BCUT2D eigenvalue weighted by Gasteiger charge is 2.18. The van der Waals surface area contributed by atoms with Crippen molar-refractivity contribution in [1.82, 2.24) is 0 Å². The summed E-state index contributed by atoms with van der Waals surface area (Å²) in [6.07, 6.45) is 1.79. The van der Waals surface area contributed by atoms with E-state index in [0.29, 0.717) is 12.5 Å². The van der Waals surface area contributed by atoms with E-state index in [-0.39, 0.29) is 21.5 Å². The quantitative estimate of drug-likeness (QED) is 0.452. The van der Waals surface area contributed by atoms with Crippen molar-refractivity contribution in [3.05, 3.63) is 32.3 Å². The van der Waals surface area contributed by atoms with Crippen molar-refractivity contribution in [2.24, 2.45) is 5.92 Å². The SMILES string of the molecule is CC(CCS)CCOc1cc(Cl)c(Cl)cc1[N+](=O)[O-]. The summed E-state index contributed by atoms with van der Waals surface area (Å²) < 4.78 is 5.44. The second-order valence-corrected chi connectivity index (χ2v) is 5.51. The highest BCUT2D eigenvalue weighted by molar-refractivity contribution is 7.80. The van der Waals surface area contributed by atoms with Crippen LogP contribution < -0.4 is 4.74 Å². The lowest BCUT2D eigenvalue weighted by molar-refractivity contribution is -0.385. The molecule has 0 aliphatic rings. The lowest BCUT2D eigenvalue weighted by Crippen LogP contribution is -2.06. The van der Waals surface area contributed by atoms with Gasteiger partial charge in [0, 0.05) is 12.1 Å². The van der Waals surface area contributed by atoms with E-state index < -0.39 is 4.92 Å². The fraction of sp³-hybridized carbons (Fsp3) is 0.500. The van der Waals surface area contributed by atoms with Gasteiger partial charge in [0.15, 0.2) is 5.75 Å². The highest BCUT2D eigenvalue weighted by Crippen LogP contribution is 2.35. The van der Waals surface area contributed by atoms with E-state index in [4.69, 9.17) is 27.9 Å². The van der Waals surface area contributed by atoms with Gasteiger partial charge >= 0.3 is 5.69 Å². The van der Waals surface area contributed by atoms with E-state index in [1.54, 1.807) is 0 Å². The molecule has 4 nitrogen and oxygen atoms in total. The molecule has 0 spiro atoms. The van der Waals surface area contributed by atoms with Gasteiger partial charge < -0.3 is 4.74 Å². The number of nitro benzene ring substituents is 1. The second-order valence-electron chi connectivity index (χ2n) is 4.25. The van der Waals surface area contributed by atoms with Crippen molar-refractivity contribution in [3.8, 4) is 5.75 Å². The molecule has 0 amide bonds. The highest BCUT2D eigenvalue weighted by atomic mass is 35.5. The first-order chi connectivity index (χ1) is 8.95. The Labute approximate surface area is 127 Å². The molecule has 106 valence electrons. The van der Waals surface area contributed by atoms with Gasteiger partial charge in [-0.1, -0.05) is 30.1 Å². The van der Waals surface area contributed by atoms with Gasteiger partial charge in [-0.15, -0.1) is 0 Å². The number of halogens is 2. The van der Waals surface area contributed by atoms with Gasteiger partial charge in [0.2, 0.25) is 0 Å². The van der Waals surface area contributed by atoms with Crippen LogP contribution in [0.3, 0.4) is 0 Å². The third kappa shape index (κ3) is 5.09. The first kappa shape index (κ1) is 16.4. The first-order valence-electron chi connectivity index (χ1n) is 5.82. The zero-order valence-electron chi connectivity index (χ0n) is 10.4. The van der Waals surface area contributed by atoms with Gasteiger partial charge in [0.1, 0.15) is 0 Å². The number of thiol groups is 1. The van der Waals surface area contributed by atoms with Crippen molar-refractivity contribution in [3.63, 3.8) is 0 Å². The van der Waals surface area contributed by atoms with Gasteiger partial charge in [0.05, 0.1) is 21.6 Å². The summed E-state index contributed by atoms with van der Waals surface area (Å²) in [4.78, 5) is 10.4. The Hall–Kier alpha value is -0.650. The molecule has 0 aliphatic carbocycles. The fourth-order valence-corrected chi connectivity index (χ4v) is 2.26. The second kappa shape index (κ2) is 7.82. The van der Waals surface area contributed by atoms with Crippen LogP contribution in [-0.2, 0) is 0 Å². The molecule has 0 heterocycles. The van der Waals surface area contributed by atoms with Gasteiger partial charge in [-0.3, -0.25) is 10.1 Å². The van der Waals surface area contributed by atoms with Crippen LogP contribution in [0.15, 0.2) is 12.1 Å². The van der Waals surface area contributed by atoms with Crippen LogP contribution in [0.5, 0.6) is 5.75 Å². The molecule has 7 heteroatoms. The van der Waals surface area contributed by atoms with Crippen molar-refractivity contribution in [2.75, 3.05) is 12.4 Å². The van der Waals surface area contributed by atoms with E-state index in [0.717, 1.165) is 18.6 Å². The standard InChI is InChI=1S/C12H15Cl2NO3S/c1-8(3-5-19)2-4-18-12-7-10(14)9(13)6-11(12)15(16)17/h6-8,19H,2-5H2,1H3. The first-order valence-corrected chi connectivity index (χ1v) is 7.21. The van der Waals surface area contributed by atoms with Crippen LogP contribution in [0, 0.1) is 16.0 Å². The molecule has 1 atom stereocenters. The van der Waals surface area contributed by atoms with E-state index in [1.807, 2.05) is 0 Å². The molecule has 0 saturated carbocycles. The van der Waals surface area contributed by atoms with Crippen LogP contribution in [-0.4, -0.2) is 17.3 Å². The van der Waals surface area contributed by atoms with Crippen LogP contribution in [0.2, 0.25) is 10.0 Å². The van der Waals surface area contributed by atoms with Gasteiger partial charge in [0.25, 0.3) is 0 Å².